The normalized spacial score (nSPS) is 13.4. The number of rotatable bonds is 8. The number of nitrogens with two attached hydrogens (primary N) is 1. The Labute approximate surface area is 202 Å². The number of fused-ring (bicyclic) bond motifs is 2. The van der Waals surface area contributed by atoms with Crippen LogP contribution in [0.15, 0.2) is 34.9 Å². The van der Waals surface area contributed by atoms with Crippen molar-refractivity contribution < 1.29 is 9.21 Å². The number of benzene rings is 1. The Morgan fingerprint density at radius 3 is 2.82 bits per heavy atom. The van der Waals surface area contributed by atoms with E-state index in [0.717, 1.165) is 53.2 Å². The molecular formula is C25H27ClN6O2. The van der Waals surface area contributed by atoms with E-state index >= 15 is 0 Å². The van der Waals surface area contributed by atoms with Crippen LogP contribution in [0.3, 0.4) is 0 Å². The van der Waals surface area contributed by atoms with Crippen molar-refractivity contribution >= 4 is 34.4 Å². The fourth-order valence-electron chi connectivity index (χ4n) is 4.55. The van der Waals surface area contributed by atoms with E-state index in [9.17, 15) is 4.79 Å². The number of furan rings is 1. The molecule has 8 nitrogen and oxygen atoms in total. The SMILES string of the molecule is CC(C)NCCCn1c(Cc2cc3c(cc2-c2ccco2)CCC3=O)nc2c(N)nc(Cl)nc21. The largest absolute Gasteiger partial charge is 0.464 e. The first-order valence-electron chi connectivity index (χ1n) is 11.5. The molecule has 3 aromatic heterocycles. The van der Waals surface area contributed by atoms with Crippen LogP contribution in [-0.2, 0) is 19.4 Å². The van der Waals surface area contributed by atoms with Crippen molar-refractivity contribution in [1.82, 2.24) is 24.8 Å². The maximum atomic E-state index is 12.5. The third-order valence-electron chi connectivity index (χ3n) is 6.17. The van der Waals surface area contributed by atoms with E-state index in [0.29, 0.717) is 36.6 Å². The van der Waals surface area contributed by atoms with Crippen molar-refractivity contribution in [1.29, 1.82) is 0 Å². The molecule has 0 unspecified atom stereocenters. The van der Waals surface area contributed by atoms with Crippen molar-refractivity contribution in [2.45, 2.75) is 52.1 Å². The number of Topliss-reactive ketones (excluding diaryl/α,β-unsaturated/α-hetero) is 1. The van der Waals surface area contributed by atoms with Gasteiger partial charge in [0.2, 0.25) is 5.28 Å². The van der Waals surface area contributed by atoms with Gasteiger partial charge in [0.15, 0.2) is 22.8 Å². The first kappa shape index (κ1) is 22.6. The first-order valence-corrected chi connectivity index (χ1v) is 11.9. The van der Waals surface area contributed by atoms with Crippen LogP contribution in [0.1, 0.15) is 54.0 Å². The van der Waals surface area contributed by atoms with Crippen LogP contribution < -0.4 is 11.1 Å². The Hall–Kier alpha value is -3.23. The molecule has 1 aromatic carbocycles. The lowest BCUT2D eigenvalue weighted by atomic mass is 9.96. The predicted octanol–water partition coefficient (Wildman–Crippen LogP) is 4.43. The van der Waals surface area contributed by atoms with Crippen LogP contribution in [0.2, 0.25) is 5.28 Å². The zero-order valence-corrected chi connectivity index (χ0v) is 20.0. The predicted molar refractivity (Wildman–Crippen MR) is 132 cm³/mol. The Kier molecular flexibility index (Phi) is 6.10. The van der Waals surface area contributed by atoms with Gasteiger partial charge in [0, 0.05) is 36.6 Å². The van der Waals surface area contributed by atoms with Gasteiger partial charge in [-0.2, -0.15) is 9.97 Å². The average molecular weight is 479 g/mol. The molecule has 0 amide bonds. The molecular weight excluding hydrogens is 452 g/mol. The molecule has 5 rings (SSSR count). The molecule has 34 heavy (non-hydrogen) atoms. The number of nitrogens with zero attached hydrogens (tertiary/aromatic N) is 4. The molecule has 0 radical (unpaired) electrons. The Balaban J connectivity index is 1.58. The van der Waals surface area contributed by atoms with Gasteiger partial charge in [-0.15, -0.1) is 0 Å². The van der Waals surface area contributed by atoms with Crippen molar-refractivity contribution in [3.05, 3.63) is 58.3 Å². The summed E-state index contributed by atoms with van der Waals surface area (Å²) in [6.07, 6.45) is 4.33. The zero-order valence-electron chi connectivity index (χ0n) is 19.3. The minimum absolute atomic E-state index is 0.0948. The van der Waals surface area contributed by atoms with Crippen molar-refractivity contribution in [3.8, 4) is 11.3 Å². The number of aromatic nitrogens is 4. The van der Waals surface area contributed by atoms with E-state index < -0.39 is 0 Å². The lowest BCUT2D eigenvalue weighted by Crippen LogP contribution is -2.24. The number of carbonyl (C=O) groups is 1. The first-order chi connectivity index (χ1) is 16.4. The summed E-state index contributed by atoms with van der Waals surface area (Å²) in [4.78, 5) is 25.8. The molecule has 3 N–H and O–H groups in total. The minimum Gasteiger partial charge on any atom is -0.464 e. The van der Waals surface area contributed by atoms with Crippen LogP contribution in [0.4, 0.5) is 5.82 Å². The van der Waals surface area contributed by atoms with Crippen molar-refractivity contribution in [2.24, 2.45) is 0 Å². The monoisotopic (exact) mass is 478 g/mol. The molecule has 3 heterocycles. The molecule has 1 aliphatic carbocycles. The van der Waals surface area contributed by atoms with Gasteiger partial charge in [-0.05, 0) is 66.4 Å². The lowest BCUT2D eigenvalue weighted by Gasteiger charge is -2.13. The van der Waals surface area contributed by atoms with E-state index in [2.05, 4.69) is 39.8 Å². The van der Waals surface area contributed by atoms with E-state index in [1.165, 1.54) is 0 Å². The van der Waals surface area contributed by atoms with Crippen LogP contribution in [0, 0.1) is 0 Å². The quantitative estimate of drug-likeness (QED) is 0.284. The van der Waals surface area contributed by atoms with Crippen LogP contribution in [-0.4, -0.2) is 37.9 Å². The summed E-state index contributed by atoms with van der Waals surface area (Å²) in [5, 5.41) is 3.54. The Bertz CT molecular complexity index is 1360. The van der Waals surface area contributed by atoms with Gasteiger partial charge in [-0.1, -0.05) is 13.8 Å². The topological polar surface area (TPSA) is 112 Å². The highest BCUT2D eigenvalue weighted by Crippen LogP contribution is 2.34. The Morgan fingerprint density at radius 1 is 1.21 bits per heavy atom. The van der Waals surface area contributed by atoms with Gasteiger partial charge in [0.05, 0.1) is 6.26 Å². The van der Waals surface area contributed by atoms with Gasteiger partial charge in [-0.25, -0.2) is 4.98 Å². The molecule has 176 valence electrons. The van der Waals surface area contributed by atoms with E-state index in [4.69, 9.17) is 26.7 Å². The molecule has 0 atom stereocenters. The third kappa shape index (κ3) is 4.31. The maximum Gasteiger partial charge on any atom is 0.226 e. The highest BCUT2D eigenvalue weighted by atomic mass is 35.5. The zero-order chi connectivity index (χ0) is 23.8. The third-order valence-corrected chi connectivity index (χ3v) is 6.34. The summed E-state index contributed by atoms with van der Waals surface area (Å²) in [5.74, 6) is 1.99. The van der Waals surface area contributed by atoms with Crippen LogP contribution in [0.25, 0.3) is 22.5 Å². The van der Waals surface area contributed by atoms with E-state index in [1.807, 2.05) is 18.2 Å². The summed E-state index contributed by atoms with van der Waals surface area (Å²) >= 11 is 6.14. The summed E-state index contributed by atoms with van der Waals surface area (Å²) in [6, 6.07) is 8.29. The number of nitrogens with one attached hydrogen (secondary N) is 1. The fourth-order valence-corrected chi connectivity index (χ4v) is 4.72. The lowest BCUT2D eigenvalue weighted by molar-refractivity contribution is 0.0994. The summed E-state index contributed by atoms with van der Waals surface area (Å²) in [7, 11) is 0. The molecule has 0 fully saturated rings. The molecule has 4 aromatic rings. The smallest absolute Gasteiger partial charge is 0.226 e. The second-order valence-corrected chi connectivity index (χ2v) is 9.27. The van der Waals surface area contributed by atoms with E-state index in [1.54, 1.807) is 6.26 Å². The number of aryl methyl sites for hydroxylation is 2. The molecule has 9 heteroatoms. The number of hydrogen-bond donors (Lipinski definition) is 2. The summed E-state index contributed by atoms with van der Waals surface area (Å²) in [5.41, 5.74) is 11.1. The van der Waals surface area contributed by atoms with Gasteiger partial charge in [0.1, 0.15) is 11.6 Å². The highest BCUT2D eigenvalue weighted by Gasteiger charge is 2.24. The second kappa shape index (κ2) is 9.19. The van der Waals surface area contributed by atoms with E-state index in [-0.39, 0.29) is 16.9 Å². The van der Waals surface area contributed by atoms with Gasteiger partial charge in [0.25, 0.3) is 0 Å². The molecule has 0 saturated heterocycles. The molecule has 1 aliphatic rings. The van der Waals surface area contributed by atoms with Gasteiger partial charge >= 0.3 is 0 Å². The number of halogens is 1. The number of anilines is 1. The van der Waals surface area contributed by atoms with Crippen molar-refractivity contribution in [2.75, 3.05) is 12.3 Å². The summed E-state index contributed by atoms with van der Waals surface area (Å²) < 4.78 is 7.79. The van der Waals surface area contributed by atoms with Crippen LogP contribution >= 0.6 is 11.6 Å². The Morgan fingerprint density at radius 2 is 2.06 bits per heavy atom. The molecule has 0 bridgehead atoms. The van der Waals surface area contributed by atoms with Gasteiger partial charge in [-0.3, -0.25) is 4.79 Å². The summed E-state index contributed by atoms with van der Waals surface area (Å²) in [6.45, 7) is 5.79. The number of hydrogen-bond acceptors (Lipinski definition) is 7. The molecule has 0 aliphatic heterocycles. The fraction of sp³-hybridized carbons (Fsp3) is 0.360. The minimum atomic E-state index is 0.0948. The number of ketones is 1. The maximum absolute atomic E-state index is 12.5. The molecule has 0 spiro atoms. The number of carbonyl (C=O) groups excluding carboxylic acids is 1. The number of imidazole rings is 1. The van der Waals surface area contributed by atoms with Gasteiger partial charge < -0.3 is 20.0 Å². The second-order valence-electron chi connectivity index (χ2n) is 8.94. The average Bonchev–Trinajstić information content (AvgIpc) is 3.52. The van der Waals surface area contributed by atoms with Crippen LogP contribution in [0.5, 0.6) is 0 Å². The van der Waals surface area contributed by atoms with Crippen molar-refractivity contribution in [3.63, 3.8) is 0 Å². The highest BCUT2D eigenvalue weighted by molar-refractivity contribution is 6.28. The standard InChI is InChI=1S/C25H27ClN6O2/c1-14(2)28-8-4-9-32-21(29-22-23(27)30-25(26)31-24(22)32)13-16-12-17-15(6-7-19(17)33)11-18(16)20-5-3-10-34-20/h3,5,10-12,14,28H,4,6-9,13H2,1-2H3,(H2,27,30,31). The molecule has 0 saturated carbocycles. The number of nitrogen functional groups attached to an aromatic ring is 1.